The lowest BCUT2D eigenvalue weighted by atomic mass is 9.88. The first-order chi connectivity index (χ1) is 8.70. The van der Waals surface area contributed by atoms with Gasteiger partial charge in [-0.15, -0.1) is 0 Å². The first-order valence-electron chi connectivity index (χ1n) is 5.66. The molecule has 1 aliphatic carbocycles. The van der Waals surface area contributed by atoms with Gasteiger partial charge < -0.3 is 10.0 Å². The zero-order chi connectivity index (χ0) is 13.0. The summed E-state index contributed by atoms with van der Waals surface area (Å²) in [5.41, 5.74) is 7.82. The molecular weight excluding hydrogens is 254 g/mol. The highest BCUT2D eigenvalue weighted by Crippen LogP contribution is 2.28. The van der Waals surface area contributed by atoms with Crippen molar-refractivity contribution >= 4 is 23.4 Å². The first kappa shape index (κ1) is 12.9. The van der Waals surface area contributed by atoms with E-state index in [2.05, 4.69) is 14.5 Å². The normalized spacial score (nSPS) is 20.3. The summed E-state index contributed by atoms with van der Waals surface area (Å²) in [4.78, 5) is 11.2. The Bertz CT molecular complexity index is 468. The zero-order valence-electron chi connectivity index (χ0n) is 9.67. The van der Waals surface area contributed by atoms with Crippen LogP contribution in [0.1, 0.15) is 18.5 Å². The Balaban J connectivity index is 1.97. The van der Waals surface area contributed by atoms with Crippen molar-refractivity contribution in [3.8, 4) is 0 Å². The average Bonchev–Trinajstić information content (AvgIpc) is 2.92. The molecule has 0 aliphatic heterocycles. The molecule has 0 saturated heterocycles. The third-order valence-corrected chi connectivity index (χ3v) is 3.10. The van der Waals surface area contributed by atoms with Crippen LogP contribution in [0.5, 0.6) is 0 Å². The van der Waals surface area contributed by atoms with Crippen molar-refractivity contribution in [2.45, 2.75) is 18.9 Å². The Labute approximate surface area is 110 Å². The van der Waals surface area contributed by atoms with Crippen molar-refractivity contribution in [3.05, 3.63) is 36.2 Å². The number of H-pyrrole nitrogens is 1. The Kier molecular flexibility index (Phi) is 4.17. The molecule has 0 bridgehead atoms. The van der Waals surface area contributed by atoms with Crippen molar-refractivity contribution < 1.29 is 9.08 Å². The lowest BCUT2D eigenvalue weighted by Crippen LogP contribution is -2.32. The maximum Gasteiger partial charge on any atom is 0.341 e. The second kappa shape index (κ2) is 5.84. The van der Waals surface area contributed by atoms with Crippen LogP contribution in [-0.2, 0) is 9.08 Å². The molecule has 0 unspecified atom stereocenters. The number of hydrogen-bond donors (Lipinski definition) is 2. The van der Waals surface area contributed by atoms with Crippen LogP contribution in [0.4, 0.5) is 0 Å². The molecule has 0 spiro atoms. The van der Waals surface area contributed by atoms with Crippen molar-refractivity contribution in [3.63, 3.8) is 0 Å². The molecule has 0 aromatic carbocycles. The highest BCUT2D eigenvalue weighted by Gasteiger charge is 2.21. The molecule has 1 aromatic rings. The summed E-state index contributed by atoms with van der Waals surface area (Å²) in [6.07, 6.45) is 9.04. The van der Waals surface area contributed by atoms with Crippen LogP contribution in [0.2, 0.25) is 0 Å². The van der Waals surface area contributed by atoms with E-state index in [1.54, 1.807) is 6.20 Å². The lowest BCUT2D eigenvalue weighted by molar-refractivity contribution is -0.135. The fourth-order valence-corrected chi connectivity index (χ4v) is 2.14. The van der Waals surface area contributed by atoms with E-state index in [0.717, 1.165) is 17.7 Å². The Morgan fingerprint density at radius 1 is 1.72 bits per heavy atom. The molecule has 2 atom stereocenters. The minimum atomic E-state index is -0.696. The summed E-state index contributed by atoms with van der Waals surface area (Å²) in [5.74, 6) is -0.401. The Morgan fingerprint density at radius 2 is 2.56 bits per heavy atom. The van der Waals surface area contributed by atoms with Gasteiger partial charge in [-0.05, 0) is 30.4 Å². The predicted molar refractivity (Wildman–Crippen MR) is 68.3 cm³/mol. The van der Waals surface area contributed by atoms with Crippen LogP contribution in [0.15, 0.2) is 30.5 Å². The smallest absolute Gasteiger partial charge is 0.341 e. The van der Waals surface area contributed by atoms with Crippen LogP contribution in [0.25, 0.3) is 5.57 Å². The molecule has 18 heavy (non-hydrogen) atoms. The minimum Gasteiger partial charge on any atom is -0.346 e. The minimum absolute atomic E-state index is 0.194. The van der Waals surface area contributed by atoms with Crippen molar-refractivity contribution in [2.75, 3.05) is 0 Å². The van der Waals surface area contributed by atoms with E-state index in [4.69, 9.17) is 17.6 Å². The fourth-order valence-electron chi connectivity index (χ4n) is 2.02. The van der Waals surface area contributed by atoms with Gasteiger partial charge in [0.15, 0.2) is 0 Å². The number of nitrogens with two attached hydrogens (primary N) is 1. The number of allylic oxidation sites excluding steroid dienone is 4. The predicted octanol–water partition coefficient (Wildman–Crippen LogP) is 1.78. The van der Waals surface area contributed by atoms with E-state index in [1.807, 2.05) is 24.3 Å². The van der Waals surface area contributed by atoms with Gasteiger partial charge in [0.2, 0.25) is 0 Å². The van der Waals surface area contributed by atoms with E-state index < -0.39 is 12.0 Å². The fraction of sp³-hybridized carbons (Fsp3) is 0.333. The van der Waals surface area contributed by atoms with Gasteiger partial charge in [-0.1, -0.05) is 18.2 Å². The van der Waals surface area contributed by atoms with Gasteiger partial charge in [-0.25, -0.2) is 4.79 Å². The number of rotatable bonds is 4. The number of halogens is 1. The monoisotopic (exact) mass is 267 g/mol. The quantitative estimate of drug-likeness (QED) is 0.871. The molecule has 2 rings (SSSR count). The average molecular weight is 268 g/mol. The SMILES string of the molecule is N[C@H](C[C@@H]1C=CC=C(c2ccn[nH]2)C1)C(=O)OCl. The Morgan fingerprint density at radius 3 is 3.22 bits per heavy atom. The van der Waals surface area contributed by atoms with E-state index in [0.29, 0.717) is 6.42 Å². The van der Waals surface area contributed by atoms with Crippen molar-refractivity contribution in [2.24, 2.45) is 11.7 Å². The third-order valence-electron chi connectivity index (χ3n) is 2.94. The topological polar surface area (TPSA) is 81.0 Å². The number of carbonyl (C=O) groups excluding carboxylic acids is 1. The molecule has 1 aliphatic rings. The van der Waals surface area contributed by atoms with Gasteiger partial charge in [-0.2, -0.15) is 5.10 Å². The molecular formula is C12H14ClN3O2. The van der Waals surface area contributed by atoms with E-state index >= 15 is 0 Å². The molecule has 1 aromatic heterocycles. The maximum atomic E-state index is 11.2. The number of aromatic amines is 1. The summed E-state index contributed by atoms with van der Waals surface area (Å²) in [6.45, 7) is 0. The lowest BCUT2D eigenvalue weighted by Gasteiger charge is -2.19. The number of hydrogen-bond acceptors (Lipinski definition) is 4. The summed E-state index contributed by atoms with van der Waals surface area (Å²) in [7, 11) is 0. The molecule has 6 heteroatoms. The van der Waals surface area contributed by atoms with Gasteiger partial charge >= 0.3 is 5.97 Å². The first-order valence-corrected chi connectivity index (χ1v) is 5.96. The highest BCUT2D eigenvalue weighted by atomic mass is 35.5. The summed E-state index contributed by atoms with van der Waals surface area (Å²) in [5, 5.41) is 6.84. The third kappa shape index (κ3) is 3.00. The van der Waals surface area contributed by atoms with Crippen LogP contribution >= 0.6 is 11.9 Å². The highest BCUT2D eigenvalue weighted by molar-refractivity contribution is 6.13. The molecule has 0 amide bonds. The maximum absolute atomic E-state index is 11.2. The molecule has 3 N–H and O–H groups in total. The zero-order valence-corrected chi connectivity index (χ0v) is 10.4. The molecule has 0 radical (unpaired) electrons. The summed E-state index contributed by atoms with van der Waals surface area (Å²) in [6, 6.07) is 1.22. The largest absolute Gasteiger partial charge is 0.346 e. The van der Waals surface area contributed by atoms with Crippen LogP contribution < -0.4 is 5.73 Å². The summed E-state index contributed by atoms with van der Waals surface area (Å²) >= 11 is 5.00. The molecule has 0 fully saturated rings. The number of aromatic nitrogens is 2. The number of nitrogens with zero attached hydrogens (tertiary/aromatic N) is 1. The van der Waals surface area contributed by atoms with Gasteiger partial charge in [0, 0.05) is 6.20 Å². The van der Waals surface area contributed by atoms with Crippen LogP contribution in [0, 0.1) is 5.92 Å². The molecule has 0 saturated carbocycles. The summed E-state index contributed by atoms with van der Waals surface area (Å²) < 4.78 is 4.11. The second-order valence-electron chi connectivity index (χ2n) is 4.25. The van der Waals surface area contributed by atoms with Gasteiger partial charge in [0.25, 0.3) is 0 Å². The van der Waals surface area contributed by atoms with Crippen LogP contribution in [-0.4, -0.2) is 22.2 Å². The number of carbonyl (C=O) groups is 1. The molecule has 1 heterocycles. The molecule has 96 valence electrons. The van der Waals surface area contributed by atoms with E-state index in [9.17, 15) is 4.79 Å². The van der Waals surface area contributed by atoms with Gasteiger partial charge in [0.1, 0.15) is 17.9 Å². The number of nitrogens with one attached hydrogen (secondary N) is 1. The van der Waals surface area contributed by atoms with E-state index in [-0.39, 0.29) is 5.92 Å². The van der Waals surface area contributed by atoms with Gasteiger partial charge in [0.05, 0.1) is 5.69 Å². The Hall–Kier alpha value is -1.59. The van der Waals surface area contributed by atoms with Crippen LogP contribution in [0.3, 0.4) is 0 Å². The van der Waals surface area contributed by atoms with Crippen molar-refractivity contribution in [1.82, 2.24) is 10.2 Å². The molecule has 5 nitrogen and oxygen atoms in total. The van der Waals surface area contributed by atoms with E-state index in [1.165, 1.54) is 0 Å². The van der Waals surface area contributed by atoms with Crippen molar-refractivity contribution in [1.29, 1.82) is 0 Å². The second-order valence-corrected chi connectivity index (χ2v) is 4.40. The standard InChI is InChI=1S/C12H14ClN3O2/c13-18-12(17)10(14)7-8-2-1-3-9(6-8)11-4-5-15-16-11/h1-5,8,10H,6-7,14H2,(H,15,16)/t8-,10-/m1/s1. The van der Waals surface area contributed by atoms with Gasteiger partial charge in [-0.3, -0.25) is 5.10 Å².